The van der Waals surface area contributed by atoms with Crippen LogP contribution in [-0.2, 0) is 13.0 Å². The molecule has 102 valence electrons. The molecular formula is C15H25ClN2. The highest BCUT2D eigenvalue weighted by molar-refractivity contribution is 5.85. The zero-order valence-electron chi connectivity index (χ0n) is 11.3. The van der Waals surface area contributed by atoms with E-state index in [2.05, 4.69) is 36.1 Å². The fourth-order valence-electron chi connectivity index (χ4n) is 2.65. The first-order valence-corrected chi connectivity index (χ1v) is 6.85. The first kappa shape index (κ1) is 15.5. The van der Waals surface area contributed by atoms with Crippen molar-refractivity contribution in [3.8, 4) is 0 Å². The van der Waals surface area contributed by atoms with Crippen LogP contribution in [0, 0.1) is 0 Å². The van der Waals surface area contributed by atoms with Crippen LogP contribution in [0.25, 0.3) is 0 Å². The fourth-order valence-corrected chi connectivity index (χ4v) is 2.65. The third-order valence-corrected chi connectivity index (χ3v) is 3.84. The number of benzene rings is 1. The molecule has 3 heteroatoms. The van der Waals surface area contributed by atoms with Crippen molar-refractivity contribution < 1.29 is 0 Å². The molecule has 0 aromatic heterocycles. The van der Waals surface area contributed by atoms with Gasteiger partial charge in [-0.15, -0.1) is 12.4 Å². The molecule has 0 saturated carbocycles. The Bertz CT molecular complexity index is 337. The van der Waals surface area contributed by atoms with E-state index < -0.39 is 0 Å². The van der Waals surface area contributed by atoms with Crippen molar-refractivity contribution in [1.29, 1.82) is 0 Å². The van der Waals surface area contributed by atoms with Gasteiger partial charge in [0, 0.05) is 19.1 Å². The van der Waals surface area contributed by atoms with E-state index in [1.165, 1.54) is 36.9 Å². The van der Waals surface area contributed by atoms with E-state index in [0.29, 0.717) is 6.04 Å². The van der Waals surface area contributed by atoms with E-state index in [0.717, 1.165) is 19.5 Å². The number of nitrogens with two attached hydrogens (primary N) is 1. The van der Waals surface area contributed by atoms with Gasteiger partial charge in [0.2, 0.25) is 0 Å². The van der Waals surface area contributed by atoms with Gasteiger partial charge in [-0.1, -0.05) is 37.6 Å². The second-order valence-electron chi connectivity index (χ2n) is 5.03. The van der Waals surface area contributed by atoms with Gasteiger partial charge in [-0.3, -0.25) is 4.90 Å². The van der Waals surface area contributed by atoms with Crippen molar-refractivity contribution in [1.82, 2.24) is 4.90 Å². The van der Waals surface area contributed by atoms with Crippen molar-refractivity contribution in [2.24, 2.45) is 5.73 Å². The molecule has 1 heterocycles. The smallest absolute Gasteiger partial charge is 0.0237 e. The van der Waals surface area contributed by atoms with Crippen molar-refractivity contribution in [3.05, 3.63) is 35.4 Å². The van der Waals surface area contributed by atoms with Crippen molar-refractivity contribution in [2.75, 3.05) is 13.1 Å². The van der Waals surface area contributed by atoms with E-state index in [9.17, 15) is 0 Å². The van der Waals surface area contributed by atoms with Gasteiger partial charge in [0.1, 0.15) is 0 Å². The first-order chi connectivity index (χ1) is 8.33. The van der Waals surface area contributed by atoms with Crippen LogP contribution in [0.2, 0.25) is 0 Å². The summed E-state index contributed by atoms with van der Waals surface area (Å²) in [5, 5.41) is 0. The van der Waals surface area contributed by atoms with Gasteiger partial charge < -0.3 is 5.73 Å². The molecule has 0 aliphatic carbocycles. The van der Waals surface area contributed by atoms with Gasteiger partial charge in [0.05, 0.1) is 0 Å². The van der Waals surface area contributed by atoms with Gasteiger partial charge in [0.15, 0.2) is 0 Å². The number of halogens is 1. The molecule has 0 amide bonds. The third kappa shape index (κ3) is 3.98. The molecule has 2 rings (SSSR count). The van der Waals surface area contributed by atoms with Gasteiger partial charge >= 0.3 is 0 Å². The second kappa shape index (κ2) is 7.78. The summed E-state index contributed by atoms with van der Waals surface area (Å²) in [6, 6.07) is 9.62. The maximum atomic E-state index is 5.85. The van der Waals surface area contributed by atoms with E-state index in [1.807, 2.05) is 0 Å². The molecule has 1 saturated heterocycles. The molecule has 2 nitrogen and oxygen atoms in total. The van der Waals surface area contributed by atoms with E-state index in [1.54, 1.807) is 0 Å². The lowest BCUT2D eigenvalue weighted by atomic mass is 10.0. The highest BCUT2D eigenvalue weighted by Gasteiger charge is 2.20. The molecule has 1 aliphatic heterocycles. The highest BCUT2D eigenvalue weighted by atomic mass is 35.5. The molecule has 1 atom stereocenters. The molecule has 1 unspecified atom stereocenters. The summed E-state index contributed by atoms with van der Waals surface area (Å²) in [7, 11) is 0. The van der Waals surface area contributed by atoms with E-state index >= 15 is 0 Å². The van der Waals surface area contributed by atoms with E-state index in [-0.39, 0.29) is 12.4 Å². The van der Waals surface area contributed by atoms with Crippen LogP contribution in [0.3, 0.4) is 0 Å². The number of rotatable bonds is 4. The number of aryl methyl sites for hydroxylation is 1. The largest absolute Gasteiger partial charge is 0.329 e. The summed E-state index contributed by atoms with van der Waals surface area (Å²) in [5.41, 5.74) is 8.69. The van der Waals surface area contributed by atoms with Crippen LogP contribution in [0.1, 0.15) is 37.3 Å². The summed E-state index contributed by atoms with van der Waals surface area (Å²) in [6.45, 7) is 5.26. The Balaban J connectivity index is 0.00000162. The molecule has 1 aromatic carbocycles. The fraction of sp³-hybridized carbons (Fsp3) is 0.600. The first-order valence-electron chi connectivity index (χ1n) is 6.85. The lowest BCUT2D eigenvalue weighted by molar-refractivity contribution is 0.145. The highest BCUT2D eigenvalue weighted by Crippen LogP contribution is 2.19. The summed E-state index contributed by atoms with van der Waals surface area (Å²) in [5.74, 6) is 0. The molecule has 1 aromatic rings. The molecule has 1 fully saturated rings. The minimum Gasteiger partial charge on any atom is -0.329 e. The van der Waals surface area contributed by atoms with Crippen LogP contribution >= 0.6 is 12.4 Å². The Morgan fingerprint density at radius 1 is 1.17 bits per heavy atom. The second-order valence-corrected chi connectivity index (χ2v) is 5.03. The van der Waals surface area contributed by atoms with Crippen LogP contribution in [-0.4, -0.2) is 24.0 Å². The SMILES string of the molecule is CCc1ccc(CN2CCCCC2CN)cc1.Cl. The summed E-state index contributed by atoms with van der Waals surface area (Å²) in [4.78, 5) is 2.55. The van der Waals surface area contributed by atoms with Crippen molar-refractivity contribution in [2.45, 2.75) is 45.2 Å². The number of hydrogen-bond acceptors (Lipinski definition) is 2. The molecule has 1 aliphatic rings. The van der Waals surface area contributed by atoms with Gasteiger partial charge in [0.25, 0.3) is 0 Å². The monoisotopic (exact) mass is 268 g/mol. The molecule has 0 spiro atoms. The number of piperidine rings is 1. The normalized spacial score (nSPS) is 20.4. The topological polar surface area (TPSA) is 29.3 Å². The molecular weight excluding hydrogens is 244 g/mol. The summed E-state index contributed by atoms with van der Waals surface area (Å²) in [6.07, 6.45) is 5.05. The van der Waals surface area contributed by atoms with Gasteiger partial charge in [-0.2, -0.15) is 0 Å². The lowest BCUT2D eigenvalue weighted by Crippen LogP contribution is -2.43. The molecule has 0 radical (unpaired) electrons. The average molecular weight is 269 g/mol. The van der Waals surface area contributed by atoms with E-state index in [4.69, 9.17) is 5.73 Å². The molecule has 18 heavy (non-hydrogen) atoms. The number of likely N-dealkylation sites (tertiary alicyclic amines) is 1. The lowest BCUT2D eigenvalue weighted by Gasteiger charge is -2.35. The Hall–Kier alpha value is -0.570. The predicted octanol–water partition coefficient (Wildman–Crippen LogP) is 2.98. The van der Waals surface area contributed by atoms with Gasteiger partial charge in [-0.25, -0.2) is 0 Å². The van der Waals surface area contributed by atoms with Crippen molar-refractivity contribution in [3.63, 3.8) is 0 Å². The Morgan fingerprint density at radius 3 is 2.44 bits per heavy atom. The zero-order valence-corrected chi connectivity index (χ0v) is 12.1. The van der Waals surface area contributed by atoms with Crippen LogP contribution in [0.5, 0.6) is 0 Å². The van der Waals surface area contributed by atoms with Crippen LogP contribution in [0.15, 0.2) is 24.3 Å². The molecule has 0 bridgehead atoms. The van der Waals surface area contributed by atoms with Crippen LogP contribution < -0.4 is 5.73 Å². The Labute approximate surface area is 117 Å². The van der Waals surface area contributed by atoms with Crippen LogP contribution in [0.4, 0.5) is 0 Å². The minimum absolute atomic E-state index is 0. The summed E-state index contributed by atoms with van der Waals surface area (Å²) >= 11 is 0. The Morgan fingerprint density at radius 2 is 1.83 bits per heavy atom. The summed E-state index contributed by atoms with van der Waals surface area (Å²) < 4.78 is 0. The molecule has 2 N–H and O–H groups in total. The Kier molecular flexibility index (Phi) is 6.69. The zero-order chi connectivity index (χ0) is 12.1. The number of nitrogens with zero attached hydrogens (tertiary/aromatic N) is 1. The maximum Gasteiger partial charge on any atom is 0.0237 e. The number of hydrogen-bond donors (Lipinski definition) is 1. The minimum atomic E-state index is 0. The maximum absolute atomic E-state index is 5.85. The average Bonchev–Trinajstić information content (AvgIpc) is 2.40. The van der Waals surface area contributed by atoms with Crippen molar-refractivity contribution >= 4 is 12.4 Å². The van der Waals surface area contributed by atoms with Gasteiger partial charge in [-0.05, 0) is 36.9 Å². The quantitative estimate of drug-likeness (QED) is 0.910. The predicted molar refractivity (Wildman–Crippen MR) is 80.2 cm³/mol. The third-order valence-electron chi connectivity index (χ3n) is 3.84. The standard InChI is InChI=1S/C15H24N2.ClH/c1-2-13-6-8-14(9-7-13)12-17-10-4-3-5-15(17)11-16;/h6-9,15H,2-5,10-12,16H2,1H3;1H.